The standard InChI is InChI=1S/C21H23N5O5S2/c1-4-18(27)23-17-11-16(8-5-13(17)2)22-19(28)12-32-21-25-24-20(31-21)14-6-9-15(10-7-14)26-33(3,29)30/h5-11,26H,4,12H2,1-3H3,(H,22,28)(H,23,27). The first-order chi connectivity index (χ1) is 15.6. The normalized spacial score (nSPS) is 11.1. The fourth-order valence-electron chi connectivity index (χ4n) is 2.68. The highest BCUT2D eigenvalue weighted by Crippen LogP contribution is 2.25. The van der Waals surface area contributed by atoms with Gasteiger partial charge in [-0.25, -0.2) is 8.42 Å². The third-order valence-electron chi connectivity index (χ3n) is 4.28. The molecule has 0 saturated heterocycles. The molecule has 3 rings (SSSR count). The van der Waals surface area contributed by atoms with E-state index in [0.717, 1.165) is 23.6 Å². The summed E-state index contributed by atoms with van der Waals surface area (Å²) < 4.78 is 30.5. The molecule has 0 radical (unpaired) electrons. The molecule has 33 heavy (non-hydrogen) atoms. The van der Waals surface area contributed by atoms with Crippen molar-refractivity contribution in [2.45, 2.75) is 25.5 Å². The number of hydrogen-bond acceptors (Lipinski definition) is 8. The van der Waals surface area contributed by atoms with Gasteiger partial charge in [0.25, 0.3) is 5.22 Å². The SMILES string of the molecule is CCC(=O)Nc1cc(NC(=O)CSc2nnc(-c3ccc(NS(C)(=O)=O)cc3)o2)ccc1C. The van der Waals surface area contributed by atoms with Crippen LogP contribution in [0.3, 0.4) is 0 Å². The van der Waals surface area contributed by atoms with Crippen LogP contribution in [-0.4, -0.2) is 42.4 Å². The number of aromatic nitrogens is 2. The first kappa shape index (κ1) is 24.3. The van der Waals surface area contributed by atoms with Crippen molar-refractivity contribution in [3.63, 3.8) is 0 Å². The average Bonchev–Trinajstić information content (AvgIpc) is 3.23. The van der Waals surface area contributed by atoms with Crippen LogP contribution in [0.4, 0.5) is 17.1 Å². The van der Waals surface area contributed by atoms with Crippen LogP contribution in [0.1, 0.15) is 18.9 Å². The number of carbonyl (C=O) groups is 2. The highest BCUT2D eigenvalue weighted by Gasteiger charge is 2.13. The monoisotopic (exact) mass is 489 g/mol. The fourth-order valence-corrected chi connectivity index (χ4v) is 3.80. The average molecular weight is 490 g/mol. The zero-order chi connectivity index (χ0) is 24.0. The zero-order valence-electron chi connectivity index (χ0n) is 18.2. The molecule has 0 saturated carbocycles. The van der Waals surface area contributed by atoms with Crippen molar-refractivity contribution in [1.82, 2.24) is 10.2 Å². The number of rotatable bonds is 9. The first-order valence-electron chi connectivity index (χ1n) is 9.88. The van der Waals surface area contributed by atoms with E-state index in [1.807, 2.05) is 13.0 Å². The van der Waals surface area contributed by atoms with Crippen molar-refractivity contribution in [2.75, 3.05) is 27.4 Å². The van der Waals surface area contributed by atoms with Crippen LogP contribution < -0.4 is 15.4 Å². The Bertz CT molecular complexity index is 1260. The first-order valence-corrected chi connectivity index (χ1v) is 12.8. The van der Waals surface area contributed by atoms with Crippen LogP contribution in [0, 0.1) is 6.92 Å². The molecule has 0 aliphatic heterocycles. The maximum absolute atomic E-state index is 12.3. The third kappa shape index (κ3) is 7.32. The molecule has 2 amide bonds. The molecule has 1 aromatic heterocycles. The summed E-state index contributed by atoms with van der Waals surface area (Å²) in [6.07, 6.45) is 1.43. The number of benzene rings is 2. The summed E-state index contributed by atoms with van der Waals surface area (Å²) >= 11 is 1.08. The van der Waals surface area contributed by atoms with E-state index in [1.54, 1.807) is 43.3 Å². The largest absolute Gasteiger partial charge is 0.411 e. The second-order valence-electron chi connectivity index (χ2n) is 7.09. The number of aryl methyl sites for hydroxylation is 1. The third-order valence-corrected chi connectivity index (χ3v) is 5.71. The molecule has 3 N–H and O–H groups in total. The predicted octanol–water partition coefficient (Wildman–Crippen LogP) is 3.50. The molecular weight excluding hydrogens is 466 g/mol. The van der Waals surface area contributed by atoms with Gasteiger partial charge in [0.05, 0.1) is 12.0 Å². The van der Waals surface area contributed by atoms with Crippen molar-refractivity contribution >= 4 is 50.7 Å². The minimum atomic E-state index is -3.36. The van der Waals surface area contributed by atoms with Gasteiger partial charge >= 0.3 is 0 Å². The molecule has 0 aliphatic carbocycles. The van der Waals surface area contributed by atoms with Gasteiger partial charge in [-0.1, -0.05) is 24.8 Å². The van der Waals surface area contributed by atoms with E-state index in [4.69, 9.17) is 4.42 Å². The number of nitrogens with zero attached hydrogens (tertiary/aromatic N) is 2. The van der Waals surface area contributed by atoms with E-state index < -0.39 is 10.0 Å². The summed E-state index contributed by atoms with van der Waals surface area (Å²) in [5.74, 6) is -0.0829. The molecule has 0 spiro atoms. The maximum Gasteiger partial charge on any atom is 0.277 e. The summed E-state index contributed by atoms with van der Waals surface area (Å²) in [5.41, 5.74) is 3.13. The highest BCUT2D eigenvalue weighted by molar-refractivity contribution is 7.99. The molecular formula is C21H23N5O5S2. The molecule has 10 nitrogen and oxygen atoms in total. The second-order valence-corrected chi connectivity index (χ2v) is 9.77. The lowest BCUT2D eigenvalue weighted by molar-refractivity contribution is -0.116. The fraction of sp³-hybridized carbons (Fsp3) is 0.238. The second kappa shape index (κ2) is 10.5. The number of thioether (sulfide) groups is 1. The smallest absolute Gasteiger partial charge is 0.277 e. The number of carbonyl (C=O) groups excluding carboxylic acids is 2. The van der Waals surface area contributed by atoms with Gasteiger partial charge < -0.3 is 15.1 Å². The van der Waals surface area contributed by atoms with Crippen LogP contribution in [-0.2, 0) is 19.6 Å². The molecule has 1 heterocycles. The molecule has 2 aromatic carbocycles. The van der Waals surface area contributed by atoms with E-state index >= 15 is 0 Å². The molecule has 3 aromatic rings. The summed E-state index contributed by atoms with van der Waals surface area (Å²) in [6.45, 7) is 3.64. The van der Waals surface area contributed by atoms with Gasteiger partial charge in [0.15, 0.2) is 0 Å². The number of anilines is 3. The van der Waals surface area contributed by atoms with Crippen LogP contribution in [0.25, 0.3) is 11.5 Å². The van der Waals surface area contributed by atoms with Crippen LogP contribution >= 0.6 is 11.8 Å². The van der Waals surface area contributed by atoms with Crippen LogP contribution in [0.5, 0.6) is 0 Å². The van der Waals surface area contributed by atoms with E-state index in [0.29, 0.717) is 29.0 Å². The Hall–Kier alpha value is -3.38. The van der Waals surface area contributed by atoms with Gasteiger partial charge in [0, 0.05) is 29.0 Å². The highest BCUT2D eigenvalue weighted by atomic mass is 32.2. The zero-order valence-corrected chi connectivity index (χ0v) is 19.8. The van der Waals surface area contributed by atoms with E-state index in [1.165, 1.54) is 0 Å². The molecule has 174 valence electrons. The quantitative estimate of drug-likeness (QED) is 0.388. The van der Waals surface area contributed by atoms with Gasteiger partial charge in [-0.3, -0.25) is 14.3 Å². The lowest BCUT2D eigenvalue weighted by Gasteiger charge is -2.11. The van der Waals surface area contributed by atoms with Crippen molar-refractivity contribution in [3.05, 3.63) is 48.0 Å². The minimum absolute atomic E-state index is 0.0450. The van der Waals surface area contributed by atoms with Gasteiger partial charge in [-0.2, -0.15) is 0 Å². The number of hydrogen-bond donors (Lipinski definition) is 3. The topological polar surface area (TPSA) is 143 Å². The van der Waals surface area contributed by atoms with E-state index in [2.05, 4.69) is 25.6 Å². The van der Waals surface area contributed by atoms with Crippen molar-refractivity contribution in [3.8, 4) is 11.5 Å². The Morgan fingerprint density at radius 2 is 1.70 bits per heavy atom. The molecule has 0 bridgehead atoms. The molecule has 0 unspecified atom stereocenters. The summed E-state index contributed by atoms with van der Waals surface area (Å²) in [7, 11) is -3.36. The Morgan fingerprint density at radius 1 is 1.00 bits per heavy atom. The van der Waals surface area contributed by atoms with Gasteiger partial charge in [0.1, 0.15) is 0 Å². The van der Waals surface area contributed by atoms with E-state index in [-0.39, 0.29) is 28.7 Å². The summed E-state index contributed by atoms with van der Waals surface area (Å²) in [5, 5.41) is 13.7. The Kier molecular flexibility index (Phi) is 7.71. The summed E-state index contributed by atoms with van der Waals surface area (Å²) in [4.78, 5) is 24.0. The van der Waals surface area contributed by atoms with E-state index in [9.17, 15) is 18.0 Å². The Labute approximate surface area is 195 Å². The Balaban J connectivity index is 1.56. The molecule has 0 atom stereocenters. The lowest BCUT2D eigenvalue weighted by Crippen LogP contribution is -2.15. The van der Waals surface area contributed by atoms with Gasteiger partial charge in [-0.05, 0) is 48.9 Å². The van der Waals surface area contributed by atoms with Crippen molar-refractivity contribution in [2.24, 2.45) is 0 Å². The Morgan fingerprint density at radius 3 is 2.36 bits per heavy atom. The predicted molar refractivity (Wildman–Crippen MR) is 128 cm³/mol. The number of sulfonamides is 1. The molecule has 0 aliphatic rings. The lowest BCUT2D eigenvalue weighted by atomic mass is 10.1. The minimum Gasteiger partial charge on any atom is -0.411 e. The van der Waals surface area contributed by atoms with Crippen LogP contribution in [0.2, 0.25) is 0 Å². The van der Waals surface area contributed by atoms with Crippen molar-refractivity contribution < 1.29 is 22.4 Å². The van der Waals surface area contributed by atoms with Crippen LogP contribution in [0.15, 0.2) is 52.1 Å². The molecule has 0 fully saturated rings. The number of nitrogens with one attached hydrogen (secondary N) is 3. The van der Waals surface area contributed by atoms with Gasteiger partial charge in [-0.15, -0.1) is 10.2 Å². The van der Waals surface area contributed by atoms with Gasteiger partial charge in [0.2, 0.25) is 27.7 Å². The number of amides is 2. The maximum atomic E-state index is 12.3. The van der Waals surface area contributed by atoms with Crippen molar-refractivity contribution in [1.29, 1.82) is 0 Å². The molecule has 12 heteroatoms. The summed E-state index contributed by atoms with van der Waals surface area (Å²) in [6, 6.07) is 11.7.